The lowest BCUT2D eigenvalue weighted by molar-refractivity contribution is 0.339. The first-order valence-corrected chi connectivity index (χ1v) is 9.06. The minimum atomic E-state index is 0.254. The molecule has 2 rings (SSSR count). The average Bonchev–Trinajstić information content (AvgIpc) is 2.62. The maximum Gasteiger partial charge on any atom is 0.127 e. The molecule has 25 heavy (non-hydrogen) atoms. The smallest absolute Gasteiger partial charge is 0.127 e. The summed E-state index contributed by atoms with van der Waals surface area (Å²) in [6.07, 6.45) is 3.89. The molecule has 0 saturated heterocycles. The van der Waals surface area contributed by atoms with Crippen molar-refractivity contribution in [2.45, 2.75) is 47.5 Å². The Morgan fingerprint density at radius 2 is 1.52 bits per heavy atom. The summed E-state index contributed by atoms with van der Waals surface area (Å²) in [6, 6.07) is 18.4. The number of ether oxygens (including phenoxy) is 1. The molecule has 0 spiro atoms. The summed E-state index contributed by atoms with van der Waals surface area (Å²) in [5, 5.41) is 0. The van der Waals surface area contributed by atoms with Gasteiger partial charge in [0, 0.05) is 0 Å². The van der Waals surface area contributed by atoms with Crippen molar-refractivity contribution in [1.82, 2.24) is 0 Å². The lowest BCUT2D eigenvalue weighted by Crippen LogP contribution is -2.15. The third-order valence-electron chi connectivity index (χ3n) is 4.19. The fraction of sp³-hybridized carbons (Fsp3) is 0.333. The molecule has 0 aromatic heterocycles. The van der Waals surface area contributed by atoms with Crippen LogP contribution < -0.4 is 4.74 Å². The van der Waals surface area contributed by atoms with Gasteiger partial charge in [-0.25, -0.2) is 0 Å². The molecule has 0 saturated carbocycles. The van der Waals surface area contributed by atoms with Crippen molar-refractivity contribution in [1.29, 1.82) is 0 Å². The fourth-order valence-corrected chi connectivity index (χ4v) is 2.26. The summed E-state index contributed by atoms with van der Waals surface area (Å²) in [4.78, 5) is 0. The zero-order valence-corrected chi connectivity index (χ0v) is 16.5. The molecule has 0 heterocycles. The second-order valence-electron chi connectivity index (χ2n) is 6.97. The first-order chi connectivity index (χ1) is 11.9. The highest BCUT2D eigenvalue weighted by Gasteiger charge is 2.21. The van der Waals surface area contributed by atoms with Crippen LogP contribution in [0.4, 0.5) is 0 Å². The molecule has 0 N–H and O–H groups in total. The Balaban J connectivity index is 0.00000151. The largest absolute Gasteiger partial charge is 0.458 e. The molecule has 0 fully saturated rings. The molecule has 0 aliphatic heterocycles. The van der Waals surface area contributed by atoms with E-state index in [0.717, 1.165) is 11.3 Å². The third-order valence-corrected chi connectivity index (χ3v) is 4.19. The number of rotatable bonds is 5. The van der Waals surface area contributed by atoms with Crippen molar-refractivity contribution >= 4 is 6.08 Å². The van der Waals surface area contributed by atoms with Crippen LogP contribution in [0.1, 0.15) is 58.6 Å². The van der Waals surface area contributed by atoms with Crippen molar-refractivity contribution < 1.29 is 4.74 Å². The van der Waals surface area contributed by atoms with Crippen LogP contribution >= 0.6 is 0 Å². The van der Waals surface area contributed by atoms with Gasteiger partial charge in [-0.05, 0) is 40.7 Å². The molecule has 0 radical (unpaired) electrons. The first-order valence-electron chi connectivity index (χ1n) is 9.06. The first kappa shape index (κ1) is 20.8. The summed E-state index contributed by atoms with van der Waals surface area (Å²) < 4.78 is 5.78. The number of hydrogen-bond donors (Lipinski definition) is 0. The molecular formula is C24H32O. The quantitative estimate of drug-likeness (QED) is 0.406. The van der Waals surface area contributed by atoms with E-state index in [1.807, 2.05) is 68.5 Å². The van der Waals surface area contributed by atoms with E-state index < -0.39 is 0 Å². The van der Waals surface area contributed by atoms with Crippen LogP contribution in [0.2, 0.25) is 0 Å². The molecule has 0 aliphatic rings. The van der Waals surface area contributed by atoms with Gasteiger partial charge in [-0.1, -0.05) is 96.7 Å². The van der Waals surface area contributed by atoms with Gasteiger partial charge < -0.3 is 4.74 Å². The molecule has 1 heteroatoms. The van der Waals surface area contributed by atoms with Gasteiger partial charge in [0.25, 0.3) is 0 Å². The summed E-state index contributed by atoms with van der Waals surface area (Å²) in [6.45, 7) is 17.0. The molecule has 2 aromatic rings. The molecule has 1 atom stereocenters. The van der Waals surface area contributed by atoms with Gasteiger partial charge in [0.15, 0.2) is 0 Å². The van der Waals surface area contributed by atoms with Crippen LogP contribution in [0.15, 0.2) is 73.0 Å². The Bertz CT molecular complexity index is 657. The Morgan fingerprint density at radius 1 is 0.960 bits per heavy atom. The van der Waals surface area contributed by atoms with E-state index in [-0.39, 0.29) is 5.41 Å². The summed E-state index contributed by atoms with van der Waals surface area (Å²) in [5.74, 6) is 1.95. The highest BCUT2D eigenvalue weighted by atomic mass is 16.5. The predicted octanol–water partition coefficient (Wildman–Crippen LogP) is 7.47. The average molecular weight is 337 g/mol. The van der Waals surface area contributed by atoms with E-state index in [1.54, 1.807) is 0 Å². The van der Waals surface area contributed by atoms with Crippen molar-refractivity contribution in [3.05, 3.63) is 84.1 Å². The minimum Gasteiger partial charge on any atom is -0.458 e. The summed E-state index contributed by atoms with van der Waals surface area (Å²) in [7, 11) is 0. The SMILES string of the molecule is C=C(/C=C/c1ccccc1)Oc1ccc(C(C)C(C)(C)C)cc1.CC. The zero-order chi connectivity index (χ0) is 18.9. The number of allylic oxidation sites excluding steroid dienone is 1. The number of benzene rings is 2. The van der Waals surface area contributed by atoms with Crippen molar-refractivity contribution in [3.8, 4) is 5.75 Å². The highest BCUT2D eigenvalue weighted by molar-refractivity contribution is 5.51. The molecule has 0 bridgehead atoms. The third kappa shape index (κ3) is 7.01. The normalized spacial score (nSPS) is 12.2. The van der Waals surface area contributed by atoms with Crippen molar-refractivity contribution in [2.75, 3.05) is 0 Å². The molecule has 2 aromatic carbocycles. The lowest BCUT2D eigenvalue weighted by atomic mass is 9.78. The Morgan fingerprint density at radius 3 is 2.04 bits per heavy atom. The molecule has 0 aliphatic carbocycles. The van der Waals surface area contributed by atoms with Gasteiger partial charge in [-0.3, -0.25) is 0 Å². The zero-order valence-electron chi connectivity index (χ0n) is 16.5. The standard InChI is InChI=1S/C22H26O.C2H6/c1-17(11-12-19-9-7-6-8-10-19)23-21-15-13-20(14-16-21)18(2)22(3,4)5;1-2/h6-16,18H,1H2,2-5H3;1-2H3/b12-11+;. The van der Waals surface area contributed by atoms with Crippen molar-refractivity contribution in [3.63, 3.8) is 0 Å². The Hall–Kier alpha value is -2.28. The summed E-state index contributed by atoms with van der Waals surface area (Å²) >= 11 is 0. The highest BCUT2D eigenvalue weighted by Crippen LogP contribution is 2.35. The topological polar surface area (TPSA) is 9.23 Å². The van der Waals surface area contributed by atoms with E-state index in [4.69, 9.17) is 4.74 Å². The van der Waals surface area contributed by atoms with Crippen LogP contribution in [0.3, 0.4) is 0 Å². The van der Waals surface area contributed by atoms with Crippen LogP contribution in [0.5, 0.6) is 5.75 Å². The number of hydrogen-bond acceptors (Lipinski definition) is 1. The monoisotopic (exact) mass is 336 g/mol. The van der Waals surface area contributed by atoms with Crippen LogP contribution in [-0.2, 0) is 0 Å². The lowest BCUT2D eigenvalue weighted by Gasteiger charge is -2.27. The fourth-order valence-electron chi connectivity index (χ4n) is 2.26. The molecule has 134 valence electrons. The minimum absolute atomic E-state index is 0.254. The predicted molar refractivity (Wildman–Crippen MR) is 111 cm³/mol. The summed E-state index contributed by atoms with van der Waals surface area (Å²) in [5.41, 5.74) is 2.71. The van der Waals surface area contributed by atoms with Gasteiger partial charge in [0.1, 0.15) is 11.5 Å². The van der Waals surface area contributed by atoms with E-state index in [9.17, 15) is 0 Å². The van der Waals surface area contributed by atoms with Crippen molar-refractivity contribution in [2.24, 2.45) is 5.41 Å². The second kappa shape index (κ2) is 9.88. The van der Waals surface area contributed by atoms with E-state index in [1.165, 1.54) is 5.56 Å². The van der Waals surface area contributed by atoms with E-state index in [0.29, 0.717) is 11.7 Å². The van der Waals surface area contributed by atoms with Gasteiger partial charge in [-0.15, -0.1) is 0 Å². The Labute approximate surface area is 154 Å². The maximum absolute atomic E-state index is 5.78. The molecule has 0 amide bonds. The van der Waals surface area contributed by atoms with Crippen LogP contribution in [0.25, 0.3) is 6.08 Å². The van der Waals surface area contributed by atoms with Gasteiger partial charge in [0.2, 0.25) is 0 Å². The van der Waals surface area contributed by atoms with Gasteiger partial charge in [-0.2, -0.15) is 0 Å². The molecule has 1 unspecified atom stereocenters. The van der Waals surface area contributed by atoms with E-state index in [2.05, 4.69) is 46.4 Å². The van der Waals surface area contributed by atoms with Crippen LogP contribution in [0, 0.1) is 5.41 Å². The van der Waals surface area contributed by atoms with Gasteiger partial charge in [0.05, 0.1) is 0 Å². The Kier molecular flexibility index (Phi) is 8.21. The van der Waals surface area contributed by atoms with Gasteiger partial charge >= 0.3 is 0 Å². The molecular weight excluding hydrogens is 304 g/mol. The maximum atomic E-state index is 5.78. The molecule has 1 nitrogen and oxygen atoms in total. The van der Waals surface area contributed by atoms with E-state index >= 15 is 0 Å². The second-order valence-corrected chi connectivity index (χ2v) is 6.97. The van der Waals surface area contributed by atoms with Crippen LogP contribution in [-0.4, -0.2) is 0 Å².